The van der Waals surface area contributed by atoms with Crippen molar-refractivity contribution in [2.24, 2.45) is 71.0 Å². The highest BCUT2D eigenvalue weighted by atomic mass is 19.5. The Kier molecular flexibility index (Phi) is 73.8. The first-order valence-corrected chi connectivity index (χ1v) is 40.9. The summed E-state index contributed by atoms with van der Waals surface area (Å²) >= 11 is 0. The van der Waals surface area contributed by atoms with Crippen LogP contribution < -0.4 is 0 Å². The van der Waals surface area contributed by atoms with Crippen LogP contribution in [-0.2, 0) is 75.8 Å². The Morgan fingerprint density at radius 1 is 0.182 bits per heavy atom. The quantitative estimate of drug-likeness (QED) is 0.0207. The predicted octanol–water partition coefficient (Wildman–Crippen LogP) is 14.8. The summed E-state index contributed by atoms with van der Waals surface area (Å²) in [5.41, 5.74) is 0. The van der Waals surface area contributed by atoms with E-state index in [2.05, 4.69) is 9.47 Å². The lowest BCUT2D eigenvalue weighted by Crippen LogP contribution is -2.37. The lowest BCUT2D eigenvalue weighted by atomic mass is 10.1. The fraction of sp³-hybridized carbons (Fsp3) is 1.00. The Bertz CT molecular complexity index is 2510. The van der Waals surface area contributed by atoms with Gasteiger partial charge in [0.1, 0.15) is 26.1 Å². The molecule has 0 aliphatic rings. The van der Waals surface area contributed by atoms with Gasteiger partial charge < -0.3 is 117 Å². The zero-order valence-corrected chi connectivity index (χ0v) is 73.1. The minimum Gasteiger partial charge on any atom is -0.396 e. The molecule has 0 aromatic heterocycles. The first-order chi connectivity index (χ1) is 60.8. The summed E-state index contributed by atoms with van der Waals surface area (Å²) in [7, 11) is 0. The van der Waals surface area contributed by atoms with Crippen LogP contribution in [0.25, 0.3) is 0 Å². The SMILES string of the molecule is CC(COCC(CO)COCC(F)(F)F)COCC(CO)COCC(F)(F)F.CC(COCC(CO)COCCC(F)(F)C(F)(F)F)COCC(CO)COCCC(F)(F)C(F)(F)F.CC(COCC(CO)COCCC(F)(F)CC(F)(F)F)COCC(CO)COCCC(F)(F)CC(F)(F)F.CC(COCC(CO)COCCC(F)(F)F)COCC(CO)COCCC(F)(F)F.[HH].[HH].[HH].[HH]. The first-order valence-electron chi connectivity index (χ1n) is 40.9. The Labute approximate surface area is 749 Å². The normalized spacial score (nSPS) is 16.1. The standard InChI is InChI=1S/C22H36F10O6.C20H32F10O6.C18H32F6O6.C16H28F6O6.4H2/c1-16(8-37-12-17(6-33)10-35-4-2-19(23,24)14-21(27,28)29)9-38-13-18(7-34)11-36-5-3-20(25,26)15-22(30,31)32;1-14(8-35-12-15(6-31)10-33-4-2-17(21,22)19(25,26)27)9-36-13-16(7-32)11-34-5-3-18(23,24)20(28,29)30;1-14(8-29-12-15(6-25)10-27-4-2-17(19,20)21)9-30-13-16(7-26)11-28-5-3-18(22,23)24;1-12(4-25-6-13(2-23)8-27-10-15(17,18)19)5-26-7-14(3-24)9-28-11-16(20,21)22;;;;/h16-18,33-34H,2-15H2,1H3;14-16,31-32H,2-13H2,1H3;14-16,25-26H,2-13H2,1H3;12-14,23-24H,2-11H2,1H3;4*1H. The van der Waals surface area contributed by atoms with Crippen LogP contribution in [-0.4, -0.2) is 378 Å². The van der Waals surface area contributed by atoms with Crippen LogP contribution in [0.1, 0.15) is 84.8 Å². The maximum Gasteiger partial charge on any atom is 0.453 e. The number of halogens is 32. The number of aliphatic hydroxyl groups excluding tert-OH is 8. The van der Waals surface area contributed by atoms with Crippen LogP contribution in [0, 0.1) is 71.0 Å². The van der Waals surface area contributed by atoms with Crippen LogP contribution in [0.2, 0.25) is 0 Å². The van der Waals surface area contributed by atoms with Gasteiger partial charge in [0.05, 0.1) is 264 Å². The van der Waals surface area contributed by atoms with Crippen molar-refractivity contribution in [2.75, 3.05) is 264 Å². The van der Waals surface area contributed by atoms with Gasteiger partial charge in [0.25, 0.3) is 11.8 Å². The molecule has 0 heterocycles. The van der Waals surface area contributed by atoms with Crippen LogP contribution >= 0.6 is 0 Å². The Morgan fingerprint density at radius 3 is 0.477 bits per heavy atom. The number of rotatable bonds is 76. The third kappa shape index (κ3) is 85.9. The molecule has 0 fully saturated rings. The number of hydrogen-bond donors (Lipinski definition) is 8. The highest BCUT2D eigenvalue weighted by molar-refractivity contribution is 4.78. The van der Waals surface area contributed by atoms with Gasteiger partial charge in [-0.2, -0.15) is 123 Å². The summed E-state index contributed by atoms with van der Waals surface area (Å²) in [4.78, 5) is 0. The second-order valence-corrected chi connectivity index (χ2v) is 31.2. The molecule has 8 N–H and O–H groups in total. The van der Waals surface area contributed by atoms with E-state index in [0.29, 0.717) is 0 Å². The average Bonchev–Trinajstić information content (AvgIpc) is 0.846. The molecular weight excluding hydrogens is 1900 g/mol. The molecular formula is C76H136F32O24. The molecule has 0 amide bonds. The number of ether oxygens (including phenoxy) is 16. The zero-order valence-electron chi connectivity index (χ0n) is 73.1. The molecule has 8 atom stereocenters. The molecule has 8 unspecified atom stereocenters. The Balaban J connectivity index is -0.000000267. The predicted molar refractivity (Wildman–Crippen MR) is 408 cm³/mol. The molecule has 0 aliphatic carbocycles. The van der Waals surface area contributed by atoms with Crippen LogP contribution in [0.4, 0.5) is 140 Å². The van der Waals surface area contributed by atoms with Gasteiger partial charge in [0.15, 0.2) is 0 Å². The molecule has 0 saturated carbocycles. The van der Waals surface area contributed by atoms with Crippen molar-refractivity contribution in [3.63, 3.8) is 0 Å². The second kappa shape index (κ2) is 72.1. The molecule has 0 saturated heterocycles. The number of alkyl halides is 32. The summed E-state index contributed by atoms with van der Waals surface area (Å²) in [6.07, 6.45) is -50.7. The largest absolute Gasteiger partial charge is 0.453 e. The maximum absolute atomic E-state index is 13.2. The molecule has 808 valence electrons. The summed E-state index contributed by atoms with van der Waals surface area (Å²) in [6, 6.07) is 0. The molecule has 0 rings (SSSR count). The fourth-order valence-electron chi connectivity index (χ4n) is 9.36. The van der Waals surface area contributed by atoms with Crippen LogP contribution in [0.5, 0.6) is 0 Å². The minimum atomic E-state index is -5.67. The topological polar surface area (TPSA) is 310 Å². The Morgan fingerprint density at radius 2 is 0.333 bits per heavy atom. The van der Waals surface area contributed by atoms with E-state index in [1.165, 1.54) is 0 Å². The van der Waals surface area contributed by atoms with E-state index in [1.807, 2.05) is 6.92 Å². The molecule has 132 heavy (non-hydrogen) atoms. The van der Waals surface area contributed by atoms with Crippen molar-refractivity contribution in [1.29, 1.82) is 0 Å². The second-order valence-electron chi connectivity index (χ2n) is 31.2. The van der Waals surface area contributed by atoms with Gasteiger partial charge in [0.2, 0.25) is 0 Å². The van der Waals surface area contributed by atoms with Gasteiger partial charge in [-0.25, -0.2) is 17.6 Å². The van der Waals surface area contributed by atoms with Gasteiger partial charge in [-0.1, -0.05) is 27.7 Å². The van der Waals surface area contributed by atoms with E-state index in [-0.39, 0.29) is 201 Å². The van der Waals surface area contributed by atoms with E-state index in [0.717, 1.165) is 0 Å². The van der Waals surface area contributed by atoms with E-state index in [9.17, 15) is 171 Å². The molecule has 0 aromatic carbocycles. The van der Waals surface area contributed by atoms with E-state index >= 15 is 0 Å². The van der Waals surface area contributed by atoms with Crippen LogP contribution in [0.3, 0.4) is 0 Å². The van der Waals surface area contributed by atoms with Crippen molar-refractivity contribution >= 4 is 0 Å². The minimum absolute atomic E-state index is 0. The average molecular weight is 2040 g/mol. The monoisotopic (exact) mass is 2040 g/mol. The summed E-state index contributed by atoms with van der Waals surface area (Å²) < 4.78 is 474. The maximum atomic E-state index is 13.2. The number of aliphatic hydroxyl groups is 8. The van der Waals surface area contributed by atoms with Gasteiger partial charge in [-0.3, -0.25) is 0 Å². The van der Waals surface area contributed by atoms with Crippen molar-refractivity contribution in [2.45, 2.75) is 152 Å². The highest BCUT2D eigenvalue weighted by Gasteiger charge is 2.58. The molecule has 0 aliphatic heterocycles. The van der Waals surface area contributed by atoms with Gasteiger partial charge in [-0.15, -0.1) is 0 Å². The van der Waals surface area contributed by atoms with E-state index in [1.54, 1.807) is 20.8 Å². The van der Waals surface area contributed by atoms with Gasteiger partial charge in [0, 0.05) is 102 Å². The summed E-state index contributed by atoms with van der Waals surface area (Å²) in [6.45, 7) is -3.06. The highest BCUT2D eigenvalue weighted by Crippen LogP contribution is 2.40. The summed E-state index contributed by atoms with van der Waals surface area (Å²) in [5, 5.41) is 73.7. The van der Waals surface area contributed by atoms with Gasteiger partial charge >= 0.3 is 61.3 Å². The lowest BCUT2D eigenvalue weighted by molar-refractivity contribution is -0.287. The molecule has 56 heteroatoms. The first kappa shape index (κ1) is 135. The summed E-state index contributed by atoms with van der Waals surface area (Å²) in [5.74, 6) is -22.9. The molecule has 0 spiro atoms. The molecule has 24 nitrogen and oxygen atoms in total. The van der Waals surface area contributed by atoms with Crippen molar-refractivity contribution in [3.05, 3.63) is 0 Å². The third-order valence-electron chi connectivity index (χ3n) is 16.6. The Hall–Kier alpha value is -3.20. The van der Waals surface area contributed by atoms with E-state index in [4.69, 9.17) is 76.5 Å². The fourth-order valence-corrected chi connectivity index (χ4v) is 9.36. The molecule has 0 radical (unpaired) electrons. The zero-order chi connectivity index (χ0) is 102. The van der Waals surface area contributed by atoms with E-state index < -0.39 is 264 Å². The van der Waals surface area contributed by atoms with Gasteiger partial charge in [-0.05, 0) is 0 Å². The smallest absolute Gasteiger partial charge is 0.396 e. The van der Waals surface area contributed by atoms with Crippen LogP contribution in [0.15, 0.2) is 0 Å². The third-order valence-corrected chi connectivity index (χ3v) is 16.6. The molecule has 0 aromatic rings. The molecule has 0 bridgehead atoms. The van der Waals surface area contributed by atoms with Crippen molar-refractivity contribution in [1.82, 2.24) is 0 Å². The number of hydrogen-bond acceptors (Lipinski definition) is 24. The van der Waals surface area contributed by atoms with Crippen molar-refractivity contribution < 1.29 is 263 Å². The van der Waals surface area contributed by atoms with Crippen molar-refractivity contribution in [3.8, 4) is 0 Å². The lowest BCUT2D eigenvalue weighted by Gasteiger charge is -2.21.